The van der Waals surface area contributed by atoms with Crippen LogP contribution in [0.15, 0.2) is 231 Å². The standard InChI is InChI=1S/C58H38N4/c1-5-17-39(18-6-1)43-29-31-56-50(35-43)48-25-13-15-27-54(48)61(56)46-33-45(53-38-52(41-21-9-3-10-22-41)59-58(60-53)42-23-11-4-12-24-42)34-47(37-46)62-55-28-16-14-26-49(55)51-36-44(30-32-57(51)62)40-19-7-2-8-20-40/h1-38H. The van der Waals surface area contributed by atoms with Crippen LogP contribution < -0.4 is 0 Å². The van der Waals surface area contributed by atoms with Crippen LogP contribution in [0.5, 0.6) is 0 Å². The van der Waals surface area contributed by atoms with Gasteiger partial charge in [-0.3, -0.25) is 0 Å². The SMILES string of the molecule is c1ccc(-c2ccc3c(c2)c2ccccc2n3-c2cc(-c3cc(-c4ccccc4)nc(-c4ccccc4)n3)cc(-n3c4ccccc4c4cc(-c5ccccc5)ccc43)c2)cc1. The Morgan fingerprint density at radius 1 is 0.242 bits per heavy atom. The highest BCUT2D eigenvalue weighted by atomic mass is 15.0. The summed E-state index contributed by atoms with van der Waals surface area (Å²) in [6.07, 6.45) is 0. The minimum Gasteiger partial charge on any atom is -0.309 e. The highest BCUT2D eigenvalue weighted by Crippen LogP contribution is 2.40. The average molecular weight is 791 g/mol. The smallest absolute Gasteiger partial charge is 0.160 e. The van der Waals surface area contributed by atoms with E-state index >= 15 is 0 Å². The van der Waals surface area contributed by atoms with E-state index in [1.54, 1.807) is 0 Å². The monoisotopic (exact) mass is 790 g/mol. The van der Waals surface area contributed by atoms with Gasteiger partial charge in [-0.1, -0.05) is 170 Å². The van der Waals surface area contributed by atoms with Crippen molar-refractivity contribution >= 4 is 43.6 Å². The van der Waals surface area contributed by atoms with Crippen molar-refractivity contribution in [2.45, 2.75) is 0 Å². The molecule has 0 unspecified atom stereocenters. The third kappa shape index (κ3) is 6.08. The lowest BCUT2D eigenvalue weighted by atomic mass is 10.0. The van der Waals surface area contributed by atoms with E-state index in [9.17, 15) is 0 Å². The number of para-hydroxylation sites is 2. The predicted octanol–water partition coefficient (Wildman–Crippen LogP) is 15.0. The van der Waals surface area contributed by atoms with E-state index in [-0.39, 0.29) is 0 Å². The predicted molar refractivity (Wildman–Crippen MR) is 258 cm³/mol. The number of hydrogen-bond acceptors (Lipinski definition) is 2. The van der Waals surface area contributed by atoms with Crippen molar-refractivity contribution in [2.24, 2.45) is 0 Å². The quantitative estimate of drug-likeness (QED) is 0.161. The van der Waals surface area contributed by atoms with Gasteiger partial charge in [0.25, 0.3) is 0 Å². The molecule has 9 aromatic carbocycles. The number of nitrogens with zero attached hydrogens (tertiary/aromatic N) is 4. The fourth-order valence-corrected chi connectivity index (χ4v) is 9.19. The van der Waals surface area contributed by atoms with Gasteiger partial charge in [-0.05, 0) is 82.9 Å². The number of rotatable bonds is 7. The van der Waals surface area contributed by atoms with E-state index in [1.807, 2.05) is 24.3 Å². The van der Waals surface area contributed by atoms with Crippen LogP contribution in [-0.4, -0.2) is 19.1 Å². The second kappa shape index (κ2) is 14.7. The Labute approximate surface area is 359 Å². The highest BCUT2D eigenvalue weighted by Gasteiger charge is 2.20. The van der Waals surface area contributed by atoms with Gasteiger partial charge in [-0.25, -0.2) is 9.97 Å². The number of benzene rings is 9. The van der Waals surface area contributed by atoms with Crippen molar-refractivity contribution in [3.05, 3.63) is 231 Å². The molecule has 0 atom stereocenters. The zero-order valence-corrected chi connectivity index (χ0v) is 33.7. The molecule has 0 aliphatic rings. The fraction of sp³-hybridized carbons (Fsp3) is 0. The molecule has 62 heavy (non-hydrogen) atoms. The van der Waals surface area contributed by atoms with Crippen molar-refractivity contribution in [3.63, 3.8) is 0 Å². The summed E-state index contributed by atoms with van der Waals surface area (Å²) >= 11 is 0. The maximum atomic E-state index is 5.35. The van der Waals surface area contributed by atoms with Gasteiger partial charge in [0.05, 0.1) is 33.5 Å². The molecule has 3 heterocycles. The van der Waals surface area contributed by atoms with Crippen LogP contribution in [0.1, 0.15) is 0 Å². The van der Waals surface area contributed by atoms with Crippen molar-refractivity contribution < 1.29 is 0 Å². The Morgan fingerprint density at radius 3 is 1.11 bits per heavy atom. The van der Waals surface area contributed by atoms with E-state index < -0.39 is 0 Å². The Bertz CT molecular complexity index is 3370. The van der Waals surface area contributed by atoms with Crippen LogP contribution in [-0.2, 0) is 0 Å². The molecule has 0 aliphatic carbocycles. The maximum Gasteiger partial charge on any atom is 0.160 e. The molecule has 4 heteroatoms. The first-order chi connectivity index (χ1) is 30.7. The van der Waals surface area contributed by atoms with E-state index in [0.717, 1.165) is 61.5 Å². The Hall–Kier alpha value is -8.34. The maximum absolute atomic E-state index is 5.35. The molecule has 0 fully saturated rings. The summed E-state index contributed by atoms with van der Waals surface area (Å²) < 4.78 is 4.84. The van der Waals surface area contributed by atoms with Crippen molar-refractivity contribution in [2.75, 3.05) is 0 Å². The summed E-state index contributed by atoms with van der Waals surface area (Å²) in [6, 6.07) is 82.3. The Kier molecular flexibility index (Phi) is 8.46. The van der Waals surface area contributed by atoms with Crippen LogP contribution in [0, 0.1) is 0 Å². The lowest BCUT2D eigenvalue weighted by molar-refractivity contribution is 1.13. The number of fused-ring (bicyclic) bond motifs is 6. The van der Waals surface area contributed by atoms with E-state index in [2.05, 4.69) is 215 Å². The lowest BCUT2D eigenvalue weighted by Crippen LogP contribution is -2.01. The zero-order chi connectivity index (χ0) is 41.0. The van der Waals surface area contributed by atoms with Gasteiger partial charge in [0.2, 0.25) is 0 Å². The summed E-state index contributed by atoms with van der Waals surface area (Å²) in [6.45, 7) is 0. The minimum atomic E-state index is 0.685. The third-order valence-corrected chi connectivity index (χ3v) is 12.1. The molecule has 3 aromatic heterocycles. The average Bonchev–Trinajstić information content (AvgIpc) is 3.87. The number of aromatic nitrogens is 4. The van der Waals surface area contributed by atoms with Gasteiger partial charge in [-0.15, -0.1) is 0 Å². The molecule has 12 rings (SSSR count). The number of hydrogen-bond donors (Lipinski definition) is 0. The van der Waals surface area contributed by atoms with Crippen molar-refractivity contribution in [1.29, 1.82) is 0 Å². The van der Waals surface area contributed by atoms with E-state index in [4.69, 9.17) is 9.97 Å². The summed E-state index contributed by atoms with van der Waals surface area (Å²) in [5.41, 5.74) is 16.2. The Balaban J connectivity index is 1.15. The summed E-state index contributed by atoms with van der Waals surface area (Å²) in [5, 5.41) is 4.83. The molecule has 0 spiro atoms. The molecule has 0 aliphatic heterocycles. The van der Waals surface area contributed by atoms with Gasteiger partial charge >= 0.3 is 0 Å². The first-order valence-electron chi connectivity index (χ1n) is 21.1. The minimum absolute atomic E-state index is 0.685. The van der Waals surface area contributed by atoms with Gasteiger partial charge in [0.15, 0.2) is 5.82 Å². The van der Waals surface area contributed by atoms with Crippen LogP contribution in [0.2, 0.25) is 0 Å². The van der Waals surface area contributed by atoms with E-state index in [1.165, 1.54) is 43.8 Å². The largest absolute Gasteiger partial charge is 0.309 e. The molecule has 0 saturated heterocycles. The molecule has 0 amide bonds. The van der Waals surface area contributed by atoms with E-state index in [0.29, 0.717) is 5.82 Å². The summed E-state index contributed by atoms with van der Waals surface area (Å²) in [7, 11) is 0. The van der Waals surface area contributed by atoms with Gasteiger partial charge in [0.1, 0.15) is 0 Å². The van der Waals surface area contributed by atoms with Crippen LogP contribution >= 0.6 is 0 Å². The Morgan fingerprint density at radius 2 is 0.629 bits per heavy atom. The molecule has 0 saturated carbocycles. The molecular formula is C58H38N4. The van der Waals surface area contributed by atoms with Crippen molar-refractivity contribution in [3.8, 4) is 67.5 Å². The van der Waals surface area contributed by atoms with Crippen LogP contribution in [0.4, 0.5) is 0 Å². The summed E-state index contributed by atoms with van der Waals surface area (Å²) in [4.78, 5) is 10.5. The molecule has 12 aromatic rings. The fourth-order valence-electron chi connectivity index (χ4n) is 9.19. The molecule has 290 valence electrons. The lowest BCUT2D eigenvalue weighted by Gasteiger charge is -2.16. The highest BCUT2D eigenvalue weighted by molar-refractivity contribution is 6.12. The van der Waals surface area contributed by atoms with Crippen molar-refractivity contribution in [1.82, 2.24) is 19.1 Å². The van der Waals surface area contributed by atoms with Crippen LogP contribution in [0.25, 0.3) is 111 Å². The first kappa shape index (κ1) is 35.6. The van der Waals surface area contributed by atoms with Gasteiger partial charge in [-0.2, -0.15) is 0 Å². The summed E-state index contributed by atoms with van der Waals surface area (Å²) in [5.74, 6) is 0.685. The molecule has 0 radical (unpaired) electrons. The third-order valence-electron chi connectivity index (χ3n) is 12.1. The molecule has 0 bridgehead atoms. The second-order valence-corrected chi connectivity index (χ2v) is 15.8. The van der Waals surface area contributed by atoms with Gasteiger partial charge in [0, 0.05) is 49.6 Å². The molecule has 4 nitrogen and oxygen atoms in total. The van der Waals surface area contributed by atoms with Crippen LogP contribution in [0.3, 0.4) is 0 Å². The topological polar surface area (TPSA) is 35.6 Å². The molecule has 0 N–H and O–H groups in total. The zero-order valence-electron chi connectivity index (χ0n) is 33.7. The molecular weight excluding hydrogens is 753 g/mol. The first-order valence-corrected chi connectivity index (χ1v) is 21.1. The van der Waals surface area contributed by atoms with Gasteiger partial charge < -0.3 is 9.13 Å². The normalized spacial score (nSPS) is 11.5. The second-order valence-electron chi connectivity index (χ2n) is 15.8.